The average molecular weight is 258 g/mol. The molecule has 0 radical (unpaired) electrons. The van der Waals surface area contributed by atoms with Crippen LogP contribution in [-0.4, -0.2) is 17.2 Å². The average Bonchev–Trinajstić information content (AvgIpc) is 3.15. The van der Waals surface area contributed by atoms with E-state index in [-0.39, 0.29) is 17.6 Å². The minimum absolute atomic E-state index is 0.0311. The predicted octanol–water partition coefficient (Wildman–Crippen LogP) is 2.28. The van der Waals surface area contributed by atoms with Crippen molar-refractivity contribution >= 4 is 12.1 Å². The molecule has 1 aromatic carbocycles. The van der Waals surface area contributed by atoms with Crippen LogP contribution in [0.15, 0.2) is 29.4 Å². The molecule has 1 amide bonds. The Balaban J connectivity index is 1.55. The molecule has 2 saturated carbocycles. The molecule has 19 heavy (non-hydrogen) atoms. The molecule has 0 bridgehead atoms. The molecule has 2 aliphatic carbocycles. The summed E-state index contributed by atoms with van der Waals surface area (Å²) in [5.41, 5.74) is 3.20. The summed E-state index contributed by atoms with van der Waals surface area (Å²) >= 11 is 0. The second-order valence-electron chi connectivity index (χ2n) is 5.43. The lowest BCUT2D eigenvalue weighted by Gasteiger charge is -2.04. The van der Waals surface area contributed by atoms with E-state index < -0.39 is 0 Å². The highest BCUT2D eigenvalue weighted by atomic mass is 16.3. The van der Waals surface area contributed by atoms with Gasteiger partial charge in [0, 0.05) is 11.5 Å². The van der Waals surface area contributed by atoms with Gasteiger partial charge in [-0.3, -0.25) is 4.79 Å². The summed E-state index contributed by atoms with van der Waals surface area (Å²) in [5, 5.41) is 13.5. The smallest absolute Gasteiger partial charge is 0.243 e. The van der Waals surface area contributed by atoms with Gasteiger partial charge in [0.15, 0.2) is 0 Å². The van der Waals surface area contributed by atoms with Crippen molar-refractivity contribution in [2.45, 2.75) is 25.7 Å². The summed E-state index contributed by atoms with van der Waals surface area (Å²) in [6.45, 7) is 0. The fourth-order valence-corrected chi connectivity index (χ4v) is 3.22. The number of benzene rings is 1. The maximum Gasteiger partial charge on any atom is 0.243 e. The first kappa shape index (κ1) is 12.2. The molecule has 0 saturated heterocycles. The van der Waals surface area contributed by atoms with Gasteiger partial charge in [-0.25, -0.2) is 5.43 Å². The van der Waals surface area contributed by atoms with Gasteiger partial charge >= 0.3 is 0 Å². The van der Waals surface area contributed by atoms with Crippen LogP contribution < -0.4 is 5.43 Å². The number of phenolic OH excluding ortho intramolecular Hbond substituents is 1. The number of hydrazone groups is 1. The molecule has 4 nitrogen and oxygen atoms in total. The summed E-state index contributed by atoms with van der Waals surface area (Å²) < 4.78 is 0. The molecule has 0 heterocycles. The van der Waals surface area contributed by atoms with Gasteiger partial charge in [0.2, 0.25) is 5.91 Å². The number of para-hydroxylation sites is 1. The van der Waals surface area contributed by atoms with E-state index in [1.807, 2.05) is 6.07 Å². The number of carbonyl (C=O) groups is 1. The Morgan fingerprint density at radius 2 is 1.95 bits per heavy atom. The minimum atomic E-state index is 0.0311. The number of fused-ring (bicyclic) bond motifs is 1. The summed E-state index contributed by atoms with van der Waals surface area (Å²) in [4.78, 5) is 12.0. The third kappa shape index (κ3) is 2.48. The van der Waals surface area contributed by atoms with Gasteiger partial charge in [0.1, 0.15) is 5.75 Å². The van der Waals surface area contributed by atoms with Crippen molar-refractivity contribution in [1.29, 1.82) is 0 Å². The molecular weight excluding hydrogens is 240 g/mol. The highest BCUT2D eigenvalue weighted by Crippen LogP contribution is 2.55. The monoisotopic (exact) mass is 258 g/mol. The van der Waals surface area contributed by atoms with Gasteiger partial charge in [-0.2, -0.15) is 5.10 Å². The maximum atomic E-state index is 12.0. The molecule has 0 aliphatic heterocycles. The van der Waals surface area contributed by atoms with Crippen molar-refractivity contribution in [2.24, 2.45) is 22.9 Å². The molecule has 0 aromatic heterocycles. The van der Waals surface area contributed by atoms with Crippen LogP contribution in [0, 0.1) is 17.8 Å². The van der Waals surface area contributed by atoms with Gasteiger partial charge in [-0.1, -0.05) is 25.0 Å². The zero-order chi connectivity index (χ0) is 13.2. The Morgan fingerprint density at radius 1 is 1.26 bits per heavy atom. The van der Waals surface area contributed by atoms with E-state index in [1.54, 1.807) is 18.2 Å². The van der Waals surface area contributed by atoms with Crippen LogP contribution in [0.3, 0.4) is 0 Å². The molecule has 2 atom stereocenters. The summed E-state index contributed by atoms with van der Waals surface area (Å²) in [5.74, 6) is 1.55. The lowest BCUT2D eigenvalue weighted by atomic mass is 10.0. The Kier molecular flexibility index (Phi) is 3.23. The standard InChI is InChI=1S/C15H18N2O2/c18-13-8-4-1-5-10(13)9-16-17-15(19)14-11-6-2-3-7-12(11)14/h1,4-5,8-9,11-12,14,18H,2-3,6-7H2,(H,17,19). The van der Waals surface area contributed by atoms with Gasteiger partial charge in [0.25, 0.3) is 0 Å². The first-order valence-corrected chi connectivity index (χ1v) is 6.88. The Bertz CT molecular complexity index is 501. The Labute approximate surface area is 112 Å². The molecule has 2 unspecified atom stereocenters. The van der Waals surface area contributed by atoms with Crippen LogP contribution in [-0.2, 0) is 4.79 Å². The van der Waals surface area contributed by atoms with Crippen molar-refractivity contribution in [3.63, 3.8) is 0 Å². The van der Waals surface area contributed by atoms with Crippen molar-refractivity contribution in [3.8, 4) is 5.75 Å². The number of hydrogen-bond acceptors (Lipinski definition) is 3. The zero-order valence-electron chi connectivity index (χ0n) is 10.7. The van der Waals surface area contributed by atoms with Crippen LogP contribution in [0.4, 0.5) is 0 Å². The number of nitrogens with zero attached hydrogens (tertiary/aromatic N) is 1. The Morgan fingerprint density at radius 3 is 2.63 bits per heavy atom. The van der Waals surface area contributed by atoms with Crippen LogP contribution in [0.25, 0.3) is 0 Å². The molecule has 0 spiro atoms. The van der Waals surface area contributed by atoms with Crippen molar-refractivity contribution in [1.82, 2.24) is 5.43 Å². The second-order valence-corrected chi connectivity index (χ2v) is 5.43. The Hall–Kier alpha value is -1.84. The molecule has 2 fully saturated rings. The fourth-order valence-electron chi connectivity index (χ4n) is 3.22. The summed E-state index contributed by atoms with van der Waals surface area (Å²) in [6.07, 6.45) is 6.37. The van der Waals surface area contributed by atoms with E-state index in [0.29, 0.717) is 17.4 Å². The van der Waals surface area contributed by atoms with Gasteiger partial charge in [-0.05, 0) is 36.8 Å². The van der Waals surface area contributed by atoms with Crippen molar-refractivity contribution < 1.29 is 9.90 Å². The molecule has 3 rings (SSSR count). The summed E-state index contributed by atoms with van der Waals surface area (Å²) in [6, 6.07) is 6.92. The highest BCUT2D eigenvalue weighted by Gasteiger charge is 2.54. The first-order chi connectivity index (χ1) is 9.27. The van der Waals surface area contributed by atoms with Crippen molar-refractivity contribution in [3.05, 3.63) is 29.8 Å². The topological polar surface area (TPSA) is 61.7 Å². The number of carbonyl (C=O) groups excluding carboxylic acids is 1. The number of phenols is 1. The van der Waals surface area contributed by atoms with Crippen LogP contribution in [0.1, 0.15) is 31.2 Å². The normalized spacial score (nSPS) is 28.9. The first-order valence-electron chi connectivity index (χ1n) is 6.88. The van der Waals surface area contributed by atoms with E-state index in [2.05, 4.69) is 10.5 Å². The molecule has 2 N–H and O–H groups in total. The molecule has 4 heteroatoms. The third-order valence-electron chi connectivity index (χ3n) is 4.27. The van der Waals surface area contributed by atoms with E-state index in [1.165, 1.54) is 31.9 Å². The summed E-state index contributed by atoms with van der Waals surface area (Å²) in [7, 11) is 0. The van der Waals surface area contributed by atoms with E-state index >= 15 is 0 Å². The maximum absolute atomic E-state index is 12.0. The lowest BCUT2D eigenvalue weighted by molar-refractivity contribution is -0.122. The molecule has 1 aromatic rings. The number of aromatic hydroxyl groups is 1. The van der Waals surface area contributed by atoms with E-state index in [0.717, 1.165) is 0 Å². The second kappa shape index (κ2) is 5.03. The minimum Gasteiger partial charge on any atom is -0.507 e. The van der Waals surface area contributed by atoms with E-state index in [9.17, 15) is 9.90 Å². The highest BCUT2D eigenvalue weighted by molar-refractivity contribution is 5.86. The van der Waals surface area contributed by atoms with Gasteiger partial charge < -0.3 is 5.11 Å². The van der Waals surface area contributed by atoms with Gasteiger partial charge in [-0.15, -0.1) is 0 Å². The van der Waals surface area contributed by atoms with Gasteiger partial charge in [0.05, 0.1) is 6.21 Å². The predicted molar refractivity (Wildman–Crippen MR) is 72.8 cm³/mol. The van der Waals surface area contributed by atoms with Crippen LogP contribution in [0.2, 0.25) is 0 Å². The number of nitrogens with one attached hydrogen (secondary N) is 1. The third-order valence-corrected chi connectivity index (χ3v) is 4.27. The largest absolute Gasteiger partial charge is 0.507 e. The van der Waals surface area contributed by atoms with Crippen LogP contribution in [0.5, 0.6) is 5.75 Å². The number of hydrogen-bond donors (Lipinski definition) is 2. The van der Waals surface area contributed by atoms with E-state index in [4.69, 9.17) is 0 Å². The molecular formula is C15H18N2O2. The lowest BCUT2D eigenvalue weighted by Crippen LogP contribution is -2.20. The van der Waals surface area contributed by atoms with Crippen LogP contribution >= 0.6 is 0 Å². The number of amides is 1. The SMILES string of the molecule is O=C(NN=Cc1ccccc1O)C1C2CCCCC21. The molecule has 100 valence electrons. The molecule has 2 aliphatic rings. The van der Waals surface area contributed by atoms with Crippen molar-refractivity contribution in [2.75, 3.05) is 0 Å². The zero-order valence-corrected chi connectivity index (χ0v) is 10.7. The number of rotatable bonds is 3. The quantitative estimate of drug-likeness (QED) is 0.645. The fraction of sp³-hybridized carbons (Fsp3) is 0.467.